The van der Waals surface area contributed by atoms with Crippen molar-refractivity contribution < 1.29 is 23.9 Å². The molecule has 6 nitrogen and oxygen atoms in total. The lowest BCUT2D eigenvalue weighted by atomic mass is 10.0. The summed E-state index contributed by atoms with van der Waals surface area (Å²) in [4.78, 5) is 40.2. The fraction of sp³-hybridized carbons (Fsp3) is 0.948. The van der Waals surface area contributed by atoms with E-state index in [0.29, 0.717) is 32.4 Å². The molecule has 0 fully saturated rings. The van der Waals surface area contributed by atoms with Crippen LogP contribution in [-0.2, 0) is 23.9 Å². The smallest absolute Gasteiger partial charge is 0.305 e. The van der Waals surface area contributed by atoms with Crippen molar-refractivity contribution in [2.24, 2.45) is 0 Å². The van der Waals surface area contributed by atoms with Gasteiger partial charge in [0.2, 0.25) is 5.91 Å². The molecule has 64 heavy (non-hydrogen) atoms. The molecule has 0 aromatic heterocycles. The Morgan fingerprint density at radius 1 is 0.266 bits per heavy atom. The number of carbonyl (C=O) groups is 3. The summed E-state index contributed by atoms with van der Waals surface area (Å²) in [6, 6.07) is 0. The second kappa shape index (κ2) is 54.0. The van der Waals surface area contributed by atoms with Crippen LogP contribution in [0.15, 0.2) is 0 Å². The number of esters is 2. The quantitative estimate of drug-likeness (QED) is 0.0449. The van der Waals surface area contributed by atoms with Crippen molar-refractivity contribution in [3.8, 4) is 0 Å². The predicted molar refractivity (Wildman–Crippen MR) is 277 cm³/mol. The largest absolute Gasteiger partial charge is 0.464 e. The van der Waals surface area contributed by atoms with Crippen molar-refractivity contribution in [1.82, 2.24) is 4.90 Å². The van der Waals surface area contributed by atoms with Crippen LogP contribution in [0.5, 0.6) is 0 Å². The third-order valence-electron chi connectivity index (χ3n) is 13.6. The maximum Gasteiger partial charge on any atom is 0.305 e. The van der Waals surface area contributed by atoms with Crippen LogP contribution >= 0.6 is 0 Å². The number of unbranched alkanes of at least 4 members (excludes halogenated alkanes) is 42. The van der Waals surface area contributed by atoms with Crippen LogP contribution in [0, 0.1) is 0 Å². The third kappa shape index (κ3) is 49.8. The SMILES string of the molecule is CCCCCCCCCCCCCCCCCC(=O)OCCN(CCOC(=O)CCCCCCCCCCCCCCCCC)C(=O)CCCCCCCCCCCCCCCCC. The Hall–Kier alpha value is -1.59. The molecular formula is C58H113NO5. The number of carbonyl (C=O) groups excluding carboxylic acids is 3. The highest BCUT2D eigenvalue weighted by Crippen LogP contribution is 2.17. The summed E-state index contributed by atoms with van der Waals surface area (Å²) in [5.41, 5.74) is 0. The lowest BCUT2D eigenvalue weighted by Crippen LogP contribution is -2.37. The van der Waals surface area contributed by atoms with E-state index in [-0.39, 0.29) is 31.1 Å². The number of ether oxygens (including phenoxy) is 2. The summed E-state index contributed by atoms with van der Waals surface area (Å²) in [5.74, 6) is -0.259. The molecule has 0 rings (SSSR count). The van der Waals surface area contributed by atoms with Crippen molar-refractivity contribution >= 4 is 17.8 Å². The number of hydrogen-bond acceptors (Lipinski definition) is 5. The number of hydrogen-bond donors (Lipinski definition) is 0. The van der Waals surface area contributed by atoms with Gasteiger partial charge in [0, 0.05) is 19.3 Å². The minimum Gasteiger partial charge on any atom is -0.464 e. The van der Waals surface area contributed by atoms with Crippen LogP contribution < -0.4 is 0 Å². The molecule has 0 aliphatic carbocycles. The first-order chi connectivity index (χ1) is 31.5. The van der Waals surface area contributed by atoms with Gasteiger partial charge in [0.1, 0.15) is 13.2 Å². The third-order valence-corrected chi connectivity index (χ3v) is 13.6. The molecule has 0 heterocycles. The zero-order chi connectivity index (χ0) is 46.5. The van der Waals surface area contributed by atoms with Crippen LogP contribution in [0.1, 0.15) is 329 Å². The molecule has 0 aliphatic rings. The van der Waals surface area contributed by atoms with Gasteiger partial charge in [-0.1, -0.05) is 290 Å². The minimum absolute atomic E-state index is 0.0756. The highest BCUT2D eigenvalue weighted by Gasteiger charge is 2.15. The highest BCUT2D eigenvalue weighted by atomic mass is 16.5. The highest BCUT2D eigenvalue weighted by molar-refractivity contribution is 5.76. The Bertz CT molecular complexity index is 903. The lowest BCUT2D eigenvalue weighted by molar-refractivity contribution is -0.147. The van der Waals surface area contributed by atoms with Gasteiger partial charge in [-0.2, -0.15) is 0 Å². The van der Waals surface area contributed by atoms with Crippen molar-refractivity contribution in [2.45, 2.75) is 329 Å². The second-order valence-electron chi connectivity index (χ2n) is 19.9. The Balaban J connectivity index is 4.28. The van der Waals surface area contributed by atoms with Gasteiger partial charge in [0.25, 0.3) is 0 Å². The number of rotatable bonds is 54. The summed E-state index contributed by atoms with van der Waals surface area (Å²) >= 11 is 0. The van der Waals surface area contributed by atoms with E-state index in [0.717, 1.165) is 38.5 Å². The number of amides is 1. The molecule has 0 atom stereocenters. The Morgan fingerprint density at radius 2 is 0.453 bits per heavy atom. The minimum atomic E-state index is -0.167. The molecule has 6 heteroatoms. The Morgan fingerprint density at radius 3 is 0.672 bits per heavy atom. The van der Waals surface area contributed by atoms with Gasteiger partial charge in [-0.3, -0.25) is 14.4 Å². The standard InChI is InChI=1S/C58H113NO5/c1-4-7-10-13-16-19-22-25-28-31-34-37-40-43-46-49-56(60)59(52-54-63-57(61)50-47-44-41-38-35-32-29-26-23-20-17-14-11-8-5-2)53-55-64-58(62)51-48-45-42-39-36-33-30-27-24-21-18-15-12-9-6-3/h4-55H2,1-3H3. The van der Waals surface area contributed by atoms with Crippen molar-refractivity contribution in [3.63, 3.8) is 0 Å². The maximum atomic E-state index is 13.3. The van der Waals surface area contributed by atoms with Gasteiger partial charge in [-0.05, 0) is 19.3 Å². The molecule has 0 spiro atoms. The van der Waals surface area contributed by atoms with Crippen molar-refractivity contribution in [3.05, 3.63) is 0 Å². The molecule has 1 amide bonds. The normalized spacial score (nSPS) is 11.4. The molecule has 0 saturated carbocycles. The molecule has 0 aliphatic heterocycles. The van der Waals surface area contributed by atoms with Crippen molar-refractivity contribution in [2.75, 3.05) is 26.3 Å². The van der Waals surface area contributed by atoms with E-state index in [1.165, 1.54) is 250 Å². The van der Waals surface area contributed by atoms with Crippen LogP contribution in [0.4, 0.5) is 0 Å². The molecule has 0 radical (unpaired) electrons. The lowest BCUT2D eigenvalue weighted by Gasteiger charge is -2.22. The molecule has 0 bridgehead atoms. The monoisotopic (exact) mass is 904 g/mol. The molecule has 0 N–H and O–H groups in total. The Labute approximate surface area is 400 Å². The zero-order valence-electron chi connectivity index (χ0n) is 43.8. The maximum absolute atomic E-state index is 13.3. The van der Waals surface area contributed by atoms with Crippen LogP contribution in [0.3, 0.4) is 0 Å². The van der Waals surface area contributed by atoms with Crippen LogP contribution in [0.2, 0.25) is 0 Å². The summed E-state index contributed by atoms with van der Waals surface area (Å²) in [6.45, 7) is 7.97. The average Bonchev–Trinajstić information content (AvgIpc) is 3.29. The van der Waals surface area contributed by atoms with E-state index >= 15 is 0 Å². The molecular weight excluding hydrogens is 791 g/mol. The van der Waals surface area contributed by atoms with Crippen molar-refractivity contribution in [1.29, 1.82) is 0 Å². The van der Waals surface area contributed by atoms with E-state index in [4.69, 9.17) is 9.47 Å². The van der Waals surface area contributed by atoms with E-state index in [2.05, 4.69) is 20.8 Å². The van der Waals surface area contributed by atoms with E-state index in [1.807, 2.05) is 0 Å². The second-order valence-corrected chi connectivity index (χ2v) is 19.9. The molecule has 0 saturated heterocycles. The number of nitrogens with zero attached hydrogens (tertiary/aromatic N) is 1. The molecule has 380 valence electrons. The van der Waals surface area contributed by atoms with Gasteiger partial charge >= 0.3 is 11.9 Å². The van der Waals surface area contributed by atoms with Gasteiger partial charge < -0.3 is 14.4 Å². The first kappa shape index (κ1) is 62.4. The fourth-order valence-electron chi connectivity index (χ4n) is 9.13. The first-order valence-electron chi connectivity index (χ1n) is 29.1. The van der Waals surface area contributed by atoms with Gasteiger partial charge in [-0.15, -0.1) is 0 Å². The zero-order valence-corrected chi connectivity index (χ0v) is 43.8. The topological polar surface area (TPSA) is 72.9 Å². The van der Waals surface area contributed by atoms with Crippen LogP contribution in [-0.4, -0.2) is 49.0 Å². The summed E-state index contributed by atoms with van der Waals surface area (Å²) in [6.07, 6.45) is 59.9. The molecule has 0 unspecified atom stereocenters. The van der Waals surface area contributed by atoms with E-state index in [9.17, 15) is 14.4 Å². The van der Waals surface area contributed by atoms with E-state index in [1.54, 1.807) is 4.90 Å². The molecule has 0 aromatic rings. The van der Waals surface area contributed by atoms with E-state index < -0.39 is 0 Å². The summed E-state index contributed by atoms with van der Waals surface area (Å²) in [7, 11) is 0. The Kier molecular flexibility index (Phi) is 52.7. The van der Waals surface area contributed by atoms with Gasteiger partial charge in [-0.25, -0.2) is 0 Å². The van der Waals surface area contributed by atoms with Crippen LogP contribution in [0.25, 0.3) is 0 Å². The van der Waals surface area contributed by atoms with Gasteiger partial charge in [0.05, 0.1) is 13.1 Å². The fourth-order valence-corrected chi connectivity index (χ4v) is 9.13. The molecule has 0 aromatic carbocycles. The summed E-state index contributed by atoms with van der Waals surface area (Å²) < 4.78 is 11.2. The predicted octanol–water partition coefficient (Wildman–Crippen LogP) is 18.7. The van der Waals surface area contributed by atoms with Gasteiger partial charge in [0.15, 0.2) is 0 Å². The average molecular weight is 905 g/mol. The first-order valence-corrected chi connectivity index (χ1v) is 29.1. The summed E-state index contributed by atoms with van der Waals surface area (Å²) in [5, 5.41) is 0.